The zero-order chi connectivity index (χ0) is 45.5. The van der Waals surface area contributed by atoms with Crippen LogP contribution in [0.5, 0.6) is 0 Å². The fourth-order valence-electron chi connectivity index (χ4n) is 6.61. The molecule has 0 aromatic carbocycles. The molecule has 1 rings (SSSR count). The molecule has 1 aliphatic rings. The van der Waals surface area contributed by atoms with Gasteiger partial charge >= 0.3 is 0 Å². The fourth-order valence-corrected chi connectivity index (χ4v) is 7.08. The molecule has 7 atom stereocenters. The number of guanidine groups is 1. The number of rotatable bonds is 26. The van der Waals surface area contributed by atoms with Gasteiger partial charge < -0.3 is 58.7 Å². The van der Waals surface area contributed by atoms with Gasteiger partial charge in [-0.05, 0) is 69.8 Å². The topological polar surface area (TPSA) is 309 Å². The molecule has 0 unspecified atom stereocenters. The molecule has 20 nitrogen and oxygen atoms in total. The number of amides is 8. The summed E-state index contributed by atoms with van der Waals surface area (Å²) in [5.74, 6) is -4.39. The summed E-state index contributed by atoms with van der Waals surface area (Å²) in [6.07, 6.45) is 8.16. The van der Waals surface area contributed by atoms with E-state index in [1.807, 2.05) is 13.8 Å². The van der Waals surface area contributed by atoms with Crippen LogP contribution in [0.1, 0.15) is 98.8 Å². The normalized spacial score (nSPS) is 16.3. The molecule has 0 spiro atoms. The lowest BCUT2D eigenvalue weighted by Crippen LogP contribution is -2.59. The minimum absolute atomic E-state index is 0.0542. The first-order valence-corrected chi connectivity index (χ1v) is 22.1. The van der Waals surface area contributed by atoms with Crippen molar-refractivity contribution in [2.75, 3.05) is 39.3 Å². The number of aliphatic hydroxyl groups excluding tert-OH is 1. The predicted molar refractivity (Wildman–Crippen MR) is 230 cm³/mol. The lowest BCUT2D eigenvalue weighted by molar-refractivity contribution is -0.137. The van der Waals surface area contributed by atoms with Gasteiger partial charge in [0.25, 0.3) is 0 Å². The Morgan fingerprint density at radius 3 is 1.65 bits per heavy atom. The molecule has 342 valence electrons. The Morgan fingerprint density at radius 1 is 0.683 bits per heavy atom. The number of aliphatic hydroxyl groups is 1. The highest BCUT2D eigenvalue weighted by molar-refractivity contribution is 7.98. The Hall–Kier alpha value is -4.66. The van der Waals surface area contributed by atoms with Crippen molar-refractivity contribution >= 4 is 65.0 Å². The summed E-state index contributed by atoms with van der Waals surface area (Å²) in [6.45, 7) is 7.24. The van der Waals surface area contributed by atoms with Crippen molar-refractivity contribution < 1.29 is 43.5 Å². The third-order valence-corrected chi connectivity index (χ3v) is 10.5. The number of hydrogen-bond acceptors (Lipinski definition) is 11. The summed E-state index contributed by atoms with van der Waals surface area (Å²) in [7, 11) is 3.10. The second kappa shape index (κ2) is 28.0. The third-order valence-electron chi connectivity index (χ3n) is 9.89. The van der Waals surface area contributed by atoms with E-state index < -0.39 is 84.3 Å². The van der Waals surface area contributed by atoms with Crippen LogP contribution in [-0.2, 0) is 38.4 Å². The number of nitrogens with one attached hydrogen (secondary N) is 7. The summed E-state index contributed by atoms with van der Waals surface area (Å²) >= 11 is 1.41. The number of nitrogens with zero attached hydrogens (tertiary/aromatic N) is 2. The summed E-state index contributed by atoms with van der Waals surface area (Å²) in [6, 6.07) is -7.85. The maximum absolute atomic E-state index is 13.6. The Bertz CT molecular complexity index is 1470. The average Bonchev–Trinajstić information content (AvgIpc) is 3.18. The zero-order valence-electron chi connectivity index (χ0n) is 36.6. The minimum Gasteiger partial charge on any atom is -0.394 e. The molecule has 0 aromatic rings. The standard InChI is InChI=1S/C39H71N11O9S/c1-22(2)19-30(38(59)50(6)7)48-37(58)31(21-51)49-33(54)24(4)44-35(56)28(16-18-60-8)46-32(53)23(3)43-34(55)27(15-12-17-42-39(40)41)47-36(57)29(45-25(5)52)20-26-13-10-9-11-14-26/h22-24,26-31,51H,9-21H2,1-8H3,(H,43,55)(H,44,56)(H,45,52)(H,46,53)(H,47,57)(H,48,58)(H,49,54)(H4,40,41,42)/t23-,24+,27-,28-,29-,30-,31-/m0/s1. The molecule has 1 fully saturated rings. The number of hydrogen-bond donors (Lipinski definition) is 10. The summed E-state index contributed by atoms with van der Waals surface area (Å²) in [5, 5.41) is 28.1. The van der Waals surface area contributed by atoms with Crippen molar-refractivity contribution in [2.45, 2.75) is 141 Å². The SMILES string of the molecule is CSCC[C@H](NC(=O)[C@H](C)NC(=O)[C@H](CCCN=C(N)N)NC(=O)[C@H](CC1CCCCC1)NC(C)=O)C(=O)N[C@H](C)C(=O)N[C@@H](CO)C(=O)N[C@@H](CC(C)C)C(=O)N(C)C. The van der Waals surface area contributed by atoms with Crippen molar-refractivity contribution in [3.05, 3.63) is 0 Å². The van der Waals surface area contributed by atoms with Gasteiger partial charge in [-0.15, -0.1) is 0 Å². The van der Waals surface area contributed by atoms with Gasteiger partial charge in [0.05, 0.1) is 6.61 Å². The molecule has 0 bridgehead atoms. The second-order valence-corrected chi connectivity index (χ2v) is 17.0. The largest absolute Gasteiger partial charge is 0.394 e. The predicted octanol–water partition coefficient (Wildman–Crippen LogP) is -1.66. The monoisotopic (exact) mass is 870 g/mol. The van der Waals surface area contributed by atoms with E-state index in [1.165, 1.54) is 37.4 Å². The number of thioether (sulfide) groups is 1. The Balaban J connectivity index is 3.05. The molecular weight excluding hydrogens is 799 g/mol. The first kappa shape index (κ1) is 53.4. The molecule has 12 N–H and O–H groups in total. The van der Waals surface area contributed by atoms with Crippen molar-refractivity contribution in [3.63, 3.8) is 0 Å². The van der Waals surface area contributed by atoms with Crippen LogP contribution >= 0.6 is 11.8 Å². The summed E-state index contributed by atoms with van der Waals surface area (Å²) in [4.78, 5) is 110. The summed E-state index contributed by atoms with van der Waals surface area (Å²) < 4.78 is 0. The van der Waals surface area contributed by atoms with Crippen LogP contribution in [0.2, 0.25) is 0 Å². The first-order valence-electron chi connectivity index (χ1n) is 20.7. The fraction of sp³-hybridized carbons (Fsp3) is 0.769. The van der Waals surface area contributed by atoms with Crippen LogP contribution in [0.15, 0.2) is 4.99 Å². The molecule has 1 aliphatic carbocycles. The van der Waals surface area contributed by atoms with E-state index in [0.29, 0.717) is 25.0 Å². The maximum atomic E-state index is 13.6. The number of carbonyl (C=O) groups is 8. The Kier molecular flexibility index (Phi) is 24.9. The third kappa shape index (κ3) is 20.5. The van der Waals surface area contributed by atoms with Gasteiger partial charge in [0, 0.05) is 27.6 Å². The molecule has 0 saturated heterocycles. The van der Waals surface area contributed by atoms with E-state index >= 15 is 0 Å². The van der Waals surface area contributed by atoms with Crippen molar-refractivity contribution in [1.82, 2.24) is 42.1 Å². The van der Waals surface area contributed by atoms with Crippen molar-refractivity contribution in [3.8, 4) is 0 Å². The van der Waals surface area contributed by atoms with Crippen LogP contribution in [0.3, 0.4) is 0 Å². The second-order valence-electron chi connectivity index (χ2n) is 16.0. The van der Waals surface area contributed by atoms with Crippen LogP contribution in [-0.4, -0.2) is 145 Å². The van der Waals surface area contributed by atoms with E-state index in [-0.39, 0.29) is 49.0 Å². The van der Waals surface area contributed by atoms with Gasteiger partial charge in [0.15, 0.2) is 5.96 Å². The maximum Gasteiger partial charge on any atom is 0.245 e. The molecule has 0 aromatic heterocycles. The Morgan fingerprint density at radius 2 is 1.17 bits per heavy atom. The lowest BCUT2D eigenvalue weighted by Gasteiger charge is -2.28. The van der Waals surface area contributed by atoms with Crippen molar-refractivity contribution in [2.24, 2.45) is 28.3 Å². The van der Waals surface area contributed by atoms with Crippen LogP contribution in [0.25, 0.3) is 0 Å². The van der Waals surface area contributed by atoms with Gasteiger partial charge in [-0.1, -0.05) is 46.0 Å². The molecule has 1 saturated carbocycles. The highest BCUT2D eigenvalue weighted by Gasteiger charge is 2.33. The smallest absolute Gasteiger partial charge is 0.245 e. The molecule has 0 heterocycles. The minimum atomic E-state index is -1.42. The number of nitrogens with two attached hydrogens (primary N) is 2. The van der Waals surface area contributed by atoms with Gasteiger partial charge in [0.2, 0.25) is 47.3 Å². The van der Waals surface area contributed by atoms with E-state index in [0.717, 1.165) is 32.1 Å². The van der Waals surface area contributed by atoms with E-state index in [4.69, 9.17) is 11.5 Å². The van der Waals surface area contributed by atoms with E-state index in [9.17, 15) is 43.5 Å². The lowest BCUT2D eigenvalue weighted by atomic mass is 9.84. The van der Waals surface area contributed by atoms with Crippen molar-refractivity contribution in [1.29, 1.82) is 0 Å². The van der Waals surface area contributed by atoms with Gasteiger partial charge in [-0.2, -0.15) is 11.8 Å². The Labute approximate surface area is 358 Å². The van der Waals surface area contributed by atoms with Gasteiger partial charge in [-0.3, -0.25) is 43.3 Å². The quantitative estimate of drug-likeness (QED) is 0.0266. The van der Waals surface area contributed by atoms with Crippen LogP contribution < -0.4 is 48.7 Å². The summed E-state index contributed by atoms with van der Waals surface area (Å²) in [5.41, 5.74) is 10.9. The molecule has 8 amide bonds. The molecule has 21 heteroatoms. The molecular formula is C39H71N11O9S. The van der Waals surface area contributed by atoms with Crippen LogP contribution in [0.4, 0.5) is 0 Å². The number of aliphatic imine (C=N–C) groups is 1. The molecule has 0 radical (unpaired) electrons. The highest BCUT2D eigenvalue weighted by Crippen LogP contribution is 2.27. The number of likely N-dealkylation sites (N-methyl/N-ethyl adjacent to an activating group) is 1. The van der Waals surface area contributed by atoms with Gasteiger partial charge in [0.1, 0.15) is 42.3 Å². The zero-order valence-corrected chi connectivity index (χ0v) is 37.4. The number of carbonyl (C=O) groups excluding carboxylic acids is 8. The first-order chi connectivity index (χ1) is 28.2. The van der Waals surface area contributed by atoms with E-state index in [2.05, 4.69) is 42.2 Å². The molecule has 0 aliphatic heterocycles. The van der Waals surface area contributed by atoms with E-state index in [1.54, 1.807) is 20.4 Å². The molecule has 60 heavy (non-hydrogen) atoms. The van der Waals surface area contributed by atoms with Gasteiger partial charge in [-0.25, -0.2) is 0 Å². The van der Waals surface area contributed by atoms with Crippen LogP contribution in [0, 0.1) is 11.8 Å². The highest BCUT2D eigenvalue weighted by atomic mass is 32.2. The average molecular weight is 870 g/mol.